The Kier molecular flexibility index (Phi) is 7.09. The fraction of sp³-hybridized carbons (Fsp3) is 0.263. The molecule has 0 aliphatic heterocycles. The molecule has 2 aromatic carbocycles. The van der Waals surface area contributed by atoms with Gasteiger partial charge < -0.3 is 10.2 Å². The molecule has 0 fully saturated rings. The molecule has 1 N–H and O–H groups in total. The van der Waals surface area contributed by atoms with Crippen LogP contribution in [-0.2, 0) is 16.0 Å². The van der Waals surface area contributed by atoms with Crippen molar-refractivity contribution in [3.8, 4) is 0 Å². The Morgan fingerprint density at radius 1 is 1.12 bits per heavy atom. The third-order valence-corrected chi connectivity index (χ3v) is 4.10. The van der Waals surface area contributed by atoms with Crippen molar-refractivity contribution in [2.24, 2.45) is 0 Å². The van der Waals surface area contributed by atoms with Crippen LogP contribution in [0.5, 0.6) is 0 Å². The lowest BCUT2D eigenvalue weighted by atomic mass is 10.1. The second-order valence-corrected chi connectivity index (χ2v) is 6.15. The van der Waals surface area contributed by atoms with Gasteiger partial charge in [0.05, 0.1) is 5.02 Å². The maximum Gasteiger partial charge on any atom is 0.223 e. The summed E-state index contributed by atoms with van der Waals surface area (Å²) >= 11 is 5.75. The van der Waals surface area contributed by atoms with Gasteiger partial charge in [0.2, 0.25) is 11.8 Å². The molecule has 2 aromatic rings. The van der Waals surface area contributed by atoms with Crippen LogP contribution in [0.2, 0.25) is 5.02 Å². The minimum Gasteiger partial charge on any atom is -0.356 e. The average molecular weight is 381 g/mol. The van der Waals surface area contributed by atoms with Gasteiger partial charge in [-0.15, -0.1) is 0 Å². The number of anilines is 1. The molecule has 0 aromatic heterocycles. The van der Waals surface area contributed by atoms with Crippen LogP contribution in [0.3, 0.4) is 0 Å². The first kappa shape index (κ1) is 19.8. The summed E-state index contributed by atoms with van der Waals surface area (Å²) in [6.07, 6.45) is 0.675. The van der Waals surface area contributed by atoms with Crippen LogP contribution in [0.25, 0.3) is 0 Å². The highest BCUT2D eigenvalue weighted by Gasteiger charge is 2.15. The van der Waals surface area contributed by atoms with E-state index in [0.29, 0.717) is 18.7 Å². The molecule has 0 aliphatic rings. The Bertz CT molecular complexity index is 782. The minimum absolute atomic E-state index is 0.0856. The third-order valence-electron chi connectivity index (χ3n) is 3.81. The molecule has 0 saturated carbocycles. The molecule has 0 bridgehead atoms. The molecule has 0 spiro atoms. The molecular weight excluding hydrogens is 362 g/mol. The van der Waals surface area contributed by atoms with E-state index in [1.54, 1.807) is 12.1 Å². The fourth-order valence-corrected chi connectivity index (χ4v) is 2.60. The summed E-state index contributed by atoms with van der Waals surface area (Å²) in [5, 5.41) is 2.67. The SMILES string of the molecule is CC(=O)N(CCC(=O)NCCc1ccc(F)cc1)c1ccc(F)c(Cl)c1. The van der Waals surface area contributed by atoms with Gasteiger partial charge in [-0.05, 0) is 42.3 Å². The average Bonchev–Trinajstić information content (AvgIpc) is 2.59. The van der Waals surface area contributed by atoms with Crippen molar-refractivity contribution < 1.29 is 18.4 Å². The molecule has 138 valence electrons. The number of benzene rings is 2. The number of hydrogen-bond acceptors (Lipinski definition) is 2. The molecule has 0 atom stereocenters. The number of amides is 2. The van der Waals surface area contributed by atoms with E-state index >= 15 is 0 Å². The number of rotatable bonds is 7. The number of hydrogen-bond donors (Lipinski definition) is 1. The van der Waals surface area contributed by atoms with Crippen molar-refractivity contribution in [3.63, 3.8) is 0 Å². The van der Waals surface area contributed by atoms with Gasteiger partial charge in [0.1, 0.15) is 11.6 Å². The highest BCUT2D eigenvalue weighted by molar-refractivity contribution is 6.31. The molecule has 26 heavy (non-hydrogen) atoms. The maximum atomic E-state index is 13.3. The van der Waals surface area contributed by atoms with E-state index in [2.05, 4.69) is 5.32 Å². The smallest absolute Gasteiger partial charge is 0.223 e. The van der Waals surface area contributed by atoms with Gasteiger partial charge in [-0.1, -0.05) is 23.7 Å². The molecule has 0 saturated heterocycles. The molecule has 7 heteroatoms. The largest absolute Gasteiger partial charge is 0.356 e. The highest BCUT2D eigenvalue weighted by Crippen LogP contribution is 2.23. The second kappa shape index (κ2) is 9.29. The Labute approximate surface area is 155 Å². The Balaban J connectivity index is 1.84. The van der Waals surface area contributed by atoms with Gasteiger partial charge in [-0.25, -0.2) is 8.78 Å². The normalized spacial score (nSPS) is 10.5. The van der Waals surface area contributed by atoms with Gasteiger partial charge in [0, 0.05) is 32.1 Å². The van der Waals surface area contributed by atoms with Crippen LogP contribution in [0.15, 0.2) is 42.5 Å². The van der Waals surface area contributed by atoms with Crippen LogP contribution < -0.4 is 10.2 Å². The van der Waals surface area contributed by atoms with E-state index in [-0.39, 0.29) is 35.6 Å². The summed E-state index contributed by atoms with van der Waals surface area (Å²) < 4.78 is 26.1. The Morgan fingerprint density at radius 2 is 1.81 bits per heavy atom. The zero-order chi connectivity index (χ0) is 19.1. The van der Waals surface area contributed by atoms with Crippen LogP contribution in [0, 0.1) is 11.6 Å². The maximum absolute atomic E-state index is 13.3. The summed E-state index contributed by atoms with van der Waals surface area (Å²) in [7, 11) is 0. The van der Waals surface area contributed by atoms with E-state index in [0.717, 1.165) is 5.56 Å². The number of nitrogens with zero attached hydrogens (tertiary/aromatic N) is 1. The fourth-order valence-electron chi connectivity index (χ4n) is 2.42. The van der Waals surface area contributed by atoms with Crippen molar-refractivity contribution in [2.45, 2.75) is 19.8 Å². The quantitative estimate of drug-likeness (QED) is 0.795. The Hall–Kier alpha value is -2.47. The number of carbonyl (C=O) groups is 2. The van der Waals surface area contributed by atoms with E-state index in [9.17, 15) is 18.4 Å². The summed E-state index contributed by atoms with van der Waals surface area (Å²) in [6, 6.07) is 10.0. The van der Waals surface area contributed by atoms with Crippen molar-refractivity contribution in [3.05, 3.63) is 64.7 Å². The summed E-state index contributed by atoms with van der Waals surface area (Å²) in [5.74, 6) is -1.36. The molecule has 4 nitrogen and oxygen atoms in total. The third kappa shape index (κ3) is 5.81. The van der Waals surface area contributed by atoms with Gasteiger partial charge in [0.25, 0.3) is 0 Å². The molecule has 2 amide bonds. The zero-order valence-electron chi connectivity index (χ0n) is 14.3. The van der Waals surface area contributed by atoms with Crippen LogP contribution in [0.1, 0.15) is 18.9 Å². The predicted molar refractivity (Wildman–Crippen MR) is 97.2 cm³/mol. The van der Waals surface area contributed by atoms with Gasteiger partial charge in [0.15, 0.2) is 0 Å². The highest BCUT2D eigenvalue weighted by atomic mass is 35.5. The van der Waals surface area contributed by atoms with E-state index in [1.165, 1.54) is 42.2 Å². The topological polar surface area (TPSA) is 49.4 Å². The lowest BCUT2D eigenvalue weighted by Crippen LogP contribution is -2.34. The zero-order valence-corrected chi connectivity index (χ0v) is 15.0. The van der Waals surface area contributed by atoms with Crippen molar-refractivity contribution in [2.75, 3.05) is 18.0 Å². The standard InChI is InChI=1S/C19H19ClF2N2O2/c1-13(25)24(16-6-7-18(22)17(20)12-16)11-9-19(26)23-10-8-14-2-4-15(21)5-3-14/h2-7,12H,8-11H2,1H3,(H,23,26). The first-order valence-corrected chi connectivity index (χ1v) is 8.49. The van der Waals surface area contributed by atoms with Crippen molar-refractivity contribution >= 4 is 29.1 Å². The summed E-state index contributed by atoms with van der Waals surface area (Å²) in [6.45, 7) is 1.93. The second-order valence-electron chi connectivity index (χ2n) is 5.75. The lowest BCUT2D eigenvalue weighted by Gasteiger charge is -2.21. The summed E-state index contributed by atoms with van der Waals surface area (Å²) in [4.78, 5) is 25.1. The summed E-state index contributed by atoms with van der Waals surface area (Å²) in [5.41, 5.74) is 1.35. The molecule has 0 radical (unpaired) electrons. The lowest BCUT2D eigenvalue weighted by molar-refractivity contribution is -0.121. The van der Waals surface area contributed by atoms with Gasteiger partial charge in [-0.2, -0.15) is 0 Å². The minimum atomic E-state index is -0.572. The van der Waals surface area contributed by atoms with Crippen LogP contribution >= 0.6 is 11.6 Å². The molecule has 0 unspecified atom stereocenters. The predicted octanol–water partition coefficient (Wildman–Crippen LogP) is 3.72. The number of halogens is 3. The van der Waals surface area contributed by atoms with Gasteiger partial charge >= 0.3 is 0 Å². The van der Waals surface area contributed by atoms with E-state index in [4.69, 9.17) is 11.6 Å². The van der Waals surface area contributed by atoms with Crippen molar-refractivity contribution in [1.29, 1.82) is 0 Å². The molecular formula is C19H19ClF2N2O2. The van der Waals surface area contributed by atoms with E-state index < -0.39 is 5.82 Å². The monoisotopic (exact) mass is 380 g/mol. The first-order valence-electron chi connectivity index (χ1n) is 8.11. The molecule has 2 rings (SSSR count). The Morgan fingerprint density at radius 3 is 2.42 bits per heavy atom. The molecule has 0 heterocycles. The number of nitrogens with one attached hydrogen (secondary N) is 1. The van der Waals surface area contributed by atoms with E-state index in [1.807, 2.05) is 0 Å². The van der Waals surface area contributed by atoms with Gasteiger partial charge in [-0.3, -0.25) is 9.59 Å². The molecule has 0 aliphatic carbocycles. The van der Waals surface area contributed by atoms with Crippen molar-refractivity contribution in [1.82, 2.24) is 5.32 Å². The first-order chi connectivity index (χ1) is 12.4. The van der Waals surface area contributed by atoms with Crippen LogP contribution in [-0.4, -0.2) is 24.9 Å². The number of carbonyl (C=O) groups excluding carboxylic acids is 2. The van der Waals surface area contributed by atoms with Crippen LogP contribution in [0.4, 0.5) is 14.5 Å².